The number of ether oxygens (including phenoxy) is 1. The average molecular weight is 194 g/mol. The maximum absolute atomic E-state index is 12.8. The van der Waals surface area contributed by atoms with E-state index < -0.39 is 0 Å². The molecule has 0 unspecified atom stereocenters. The third-order valence-electron chi connectivity index (χ3n) is 1.62. The van der Waals surface area contributed by atoms with Gasteiger partial charge in [0.15, 0.2) is 0 Å². The minimum atomic E-state index is -0.352. The van der Waals surface area contributed by atoms with Gasteiger partial charge in [0.05, 0.1) is 19.3 Å². The molecule has 1 N–H and O–H groups in total. The van der Waals surface area contributed by atoms with E-state index in [1.54, 1.807) is 6.07 Å². The van der Waals surface area contributed by atoms with E-state index in [2.05, 4.69) is 11.8 Å². The molecule has 0 radical (unpaired) electrons. The fourth-order valence-corrected chi connectivity index (χ4v) is 0.982. The highest BCUT2D eigenvalue weighted by molar-refractivity contribution is 5.46. The van der Waals surface area contributed by atoms with Crippen LogP contribution in [0, 0.1) is 17.7 Å². The van der Waals surface area contributed by atoms with Crippen molar-refractivity contribution < 1.29 is 14.2 Å². The maximum atomic E-state index is 12.8. The summed E-state index contributed by atoms with van der Waals surface area (Å²) in [5.41, 5.74) is 0.627. The number of hydrogen-bond donors (Lipinski definition) is 1. The monoisotopic (exact) mass is 194 g/mol. The molecule has 0 saturated heterocycles. The molecule has 0 spiro atoms. The normalized spacial score (nSPS) is 9.07. The predicted molar refractivity (Wildman–Crippen MR) is 51.5 cm³/mol. The molecule has 0 aliphatic heterocycles. The third kappa shape index (κ3) is 2.75. The highest BCUT2D eigenvalue weighted by Crippen LogP contribution is 2.18. The number of benzene rings is 1. The Bertz CT molecular complexity index is 363. The molecule has 1 aromatic carbocycles. The Hall–Kier alpha value is -1.53. The lowest BCUT2D eigenvalue weighted by Gasteiger charge is -2.01. The van der Waals surface area contributed by atoms with Crippen LogP contribution in [0.3, 0.4) is 0 Å². The van der Waals surface area contributed by atoms with E-state index in [0.29, 0.717) is 17.7 Å². The largest absolute Gasteiger partial charge is 0.495 e. The fraction of sp³-hybridized carbons (Fsp3) is 0.273. The molecule has 3 heteroatoms. The van der Waals surface area contributed by atoms with Gasteiger partial charge in [-0.25, -0.2) is 4.39 Å². The first kappa shape index (κ1) is 10.6. The highest BCUT2D eigenvalue weighted by atomic mass is 19.1. The third-order valence-corrected chi connectivity index (χ3v) is 1.62. The van der Waals surface area contributed by atoms with Crippen LogP contribution in [0.2, 0.25) is 0 Å². The van der Waals surface area contributed by atoms with Crippen molar-refractivity contribution >= 4 is 0 Å². The van der Waals surface area contributed by atoms with Crippen LogP contribution in [0.1, 0.15) is 12.0 Å². The van der Waals surface area contributed by atoms with Gasteiger partial charge in [-0.1, -0.05) is 11.8 Å². The van der Waals surface area contributed by atoms with Crippen molar-refractivity contribution in [1.82, 2.24) is 0 Å². The lowest BCUT2D eigenvalue weighted by molar-refractivity contribution is 0.305. The molecule has 0 aliphatic carbocycles. The number of halogens is 1. The van der Waals surface area contributed by atoms with Crippen molar-refractivity contribution in [2.24, 2.45) is 0 Å². The van der Waals surface area contributed by atoms with Crippen molar-refractivity contribution in [3.8, 4) is 17.6 Å². The summed E-state index contributed by atoms with van der Waals surface area (Å²) >= 11 is 0. The van der Waals surface area contributed by atoms with Crippen LogP contribution < -0.4 is 4.74 Å². The van der Waals surface area contributed by atoms with Crippen molar-refractivity contribution in [1.29, 1.82) is 0 Å². The van der Waals surface area contributed by atoms with Gasteiger partial charge in [0, 0.05) is 12.5 Å². The SMILES string of the molecule is COc1cc(F)ccc1C#CCCO. The van der Waals surface area contributed by atoms with Gasteiger partial charge in [-0.2, -0.15) is 0 Å². The van der Waals surface area contributed by atoms with Gasteiger partial charge in [-0.05, 0) is 12.1 Å². The van der Waals surface area contributed by atoms with E-state index in [9.17, 15) is 4.39 Å². The molecule has 0 heterocycles. The first-order chi connectivity index (χ1) is 6.77. The molecule has 1 aromatic rings. The van der Waals surface area contributed by atoms with Gasteiger partial charge < -0.3 is 9.84 Å². The standard InChI is InChI=1S/C11H11FO2/c1-14-11-8-10(12)6-5-9(11)4-2-3-7-13/h5-6,8,13H,3,7H2,1H3. The molecule has 2 nitrogen and oxygen atoms in total. The van der Waals surface area contributed by atoms with Crippen molar-refractivity contribution in [3.63, 3.8) is 0 Å². The molecule has 74 valence electrons. The molecule has 14 heavy (non-hydrogen) atoms. The summed E-state index contributed by atoms with van der Waals surface area (Å²) < 4.78 is 17.7. The topological polar surface area (TPSA) is 29.5 Å². The lowest BCUT2D eigenvalue weighted by atomic mass is 10.2. The van der Waals surface area contributed by atoms with Crippen molar-refractivity contribution in [2.75, 3.05) is 13.7 Å². The molecule has 0 saturated carbocycles. The van der Waals surface area contributed by atoms with Gasteiger partial charge in [-0.15, -0.1) is 0 Å². The van der Waals surface area contributed by atoms with Gasteiger partial charge >= 0.3 is 0 Å². The predicted octanol–water partition coefficient (Wildman–Crippen LogP) is 1.57. The number of aliphatic hydroxyl groups excluding tert-OH is 1. The second-order valence-electron chi connectivity index (χ2n) is 2.62. The van der Waals surface area contributed by atoms with Crippen LogP contribution in [0.15, 0.2) is 18.2 Å². The van der Waals surface area contributed by atoms with E-state index in [0.717, 1.165) is 0 Å². The van der Waals surface area contributed by atoms with Crippen LogP contribution >= 0.6 is 0 Å². The van der Waals surface area contributed by atoms with Crippen molar-refractivity contribution in [3.05, 3.63) is 29.6 Å². The molecular formula is C11H11FO2. The average Bonchev–Trinajstić information content (AvgIpc) is 2.20. The minimum Gasteiger partial charge on any atom is -0.495 e. The molecule has 0 bridgehead atoms. The smallest absolute Gasteiger partial charge is 0.137 e. The van der Waals surface area contributed by atoms with E-state index >= 15 is 0 Å². The van der Waals surface area contributed by atoms with Crippen LogP contribution in [-0.4, -0.2) is 18.8 Å². The van der Waals surface area contributed by atoms with E-state index in [-0.39, 0.29) is 12.4 Å². The molecule has 1 rings (SSSR count). The first-order valence-corrected chi connectivity index (χ1v) is 4.21. The van der Waals surface area contributed by atoms with Crippen LogP contribution in [0.25, 0.3) is 0 Å². The Morgan fingerprint density at radius 3 is 2.93 bits per heavy atom. The van der Waals surface area contributed by atoms with E-state index in [1.165, 1.54) is 19.2 Å². The van der Waals surface area contributed by atoms with Gasteiger partial charge in [0.25, 0.3) is 0 Å². The van der Waals surface area contributed by atoms with Gasteiger partial charge in [0.1, 0.15) is 11.6 Å². The Morgan fingerprint density at radius 1 is 1.50 bits per heavy atom. The number of rotatable bonds is 2. The van der Waals surface area contributed by atoms with Gasteiger partial charge in [0.2, 0.25) is 0 Å². The molecule has 0 atom stereocenters. The first-order valence-electron chi connectivity index (χ1n) is 4.21. The number of aliphatic hydroxyl groups is 1. The molecule has 0 aliphatic rings. The summed E-state index contributed by atoms with van der Waals surface area (Å²) in [5.74, 6) is 5.59. The fourth-order valence-electron chi connectivity index (χ4n) is 0.982. The number of hydrogen-bond acceptors (Lipinski definition) is 2. The zero-order chi connectivity index (χ0) is 10.4. The summed E-state index contributed by atoms with van der Waals surface area (Å²) in [4.78, 5) is 0. The second kappa shape index (κ2) is 5.25. The summed E-state index contributed by atoms with van der Waals surface area (Å²) in [6, 6.07) is 4.16. The molecule has 0 fully saturated rings. The number of methoxy groups -OCH3 is 1. The lowest BCUT2D eigenvalue weighted by Crippen LogP contribution is -1.89. The summed E-state index contributed by atoms with van der Waals surface area (Å²) in [7, 11) is 1.46. The van der Waals surface area contributed by atoms with Crippen molar-refractivity contribution in [2.45, 2.75) is 6.42 Å². The Labute approximate surface area is 82.3 Å². The summed E-state index contributed by atoms with van der Waals surface area (Å²) in [6.07, 6.45) is 0.403. The van der Waals surface area contributed by atoms with Gasteiger partial charge in [-0.3, -0.25) is 0 Å². The quantitative estimate of drug-likeness (QED) is 0.724. The minimum absolute atomic E-state index is 0.0243. The van der Waals surface area contributed by atoms with Crippen LogP contribution in [0.5, 0.6) is 5.75 Å². The van der Waals surface area contributed by atoms with E-state index in [1.807, 2.05) is 0 Å². The molecule has 0 amide bonds. The summed E-state index contributed by atoms with van der Waals surface area (Å²) in [5, 5.41) is 8.52. The maximum Gasteiger partial charge on any atom is 0.137 e. The highest BCUT2D eigenvalue weighted by Gasteiger charge is 2.00. The van der Waals surface area contributed by atoms with Crippen LogP contribution in [-0.2, 0) is 0 Å². The Morgan fingerprint density at radius 2 is 2.29 bits per heavy atom. The van der Waals surface area contributed by atoms with Crippen LogP contribution in [0.4, 0.5) is 4.39 Å². The summed E-state index contributed by atoms with van der Waals surface area (Å²) in [6.45, 7) is 0.0243. The molecular weight excluding hydrogens is 183 g/mol. The zero-order valence-corrected chi connectivity index (χ0v) is 7.88. The molecule has 0 aromatic heterocycles. The second-order valence-corrected chi connectivity index (χ2v) is 2.62. The van der Waals surface area contributed by atoms with E-state index in [4.69, 9.17) is 9.84 Å². The Balaban J connectivity index is 2.92. The Kier molecular flexibility index (Phi) is 3.96. The zero-order valence-electron chi connectivity index (χ0n) is 7.88.